The first-order valence-electron chi connectivity index (χ1n) is 10.8. The van der Waals surface area contributed by atoms with Gasteiger partial charge in [-0.1, -0.05) is 90.2 Å². The number of hydrogen-bond donors (Lipinski definition) is 0. The summed E-state index contributed by atoms with van der Waals surface area (Å²) in [7, 11) is 0. The van der Waals surface area contributed by atoms with Gasteiger partial charge in [0, 0.05) is 39.8 Å². The van der Waals surface area contributed by atoms with Crippen LogP contribution in [0.3, 0.4) is 0 Å². The van der Waals surface area contributed by atoms with E-state index in [2.05, 4.69) is 0 Å². The van der Waals surface area contributed by atoms with E-state index in [9.17, 15) is 9.18 Å². The van der Waals surface area contributed by atoms with Crippen LogP contribution in [0.15, 0.2) is 83.9 Å². The number of carbonyl (C=O) groups excluding carboxylic acids is 1. The molecule has 0 saturated carbocycles. The third-order valence-electron chi connectivity index (χ3n) is 5.84. The van der Waals surface area contributed by atoms with Gasteiger partial charge in [-0.2, -0.15) is 0 Å². The maximum atomic E-state index is 14.4. The maximum Gasteiger partial charge on any atom is 0.266 e. The molecule has 1 aliphatic heterocycles. The Morgan fingerprint density at radius 2 is 1.76 bits per heavy atom. The van der Waals surface area contributed by atoms with E-state index < -0.39 is 0 Å². The fraction of sp³-hybridized carbons (Fsp3) is 0.111. The summed E-state index contributed by atoms with van der Waals surface area (Å²) >= 11 is 13.1. The molecule has 0 atom stereocenters. The zero-order valence-electron chi connectivity index (χ0n) is 18.1. The molecule has 0 spiro atoms. The van der Waals surface area contributed by atoms with Gasteiger partial charge in [-0.05, 0) is 36.3 Å². The van der Waals surface area contributed by atoms with Crippen molar-refractivity contribution in [3.05, 3.63) is 111 Å². The number of nitrogens with zero attached hydrogens (tertiary/aromatic N) is 2. The van der Waals surface area contributed by atoms with Gasteiger partial charge in [0.25, 0.3) is 5.91 Å². The Hall–Kier alpha value is -2.93. The number of thioether (sulfide) groups is 1. The van der Waals surface area contributed by atoms with Crippen molar-refractivity contribution in [2.75, 3.05) is 6.54 Å². The van der Waals surface area contributed by atoms with Crippen molar-refractivity contribution in [1.29, 1.82) is 0 Å². The average Bonchev–Trinajstić information content (AvgIpc) is 3.32. The zero-order valence-corrected chi connectivity index (χ0v) is 20.5. The largest absolute Gasteiger partial charge is 0.342 e. The van der Waals surface area contributed by atoms with Gasteiger partial charge >= 0.3 is 0 Å². The molecule has 1 aliphatic rings. The molecule has 0 radical (unpaired) electrons. The van der Waals surface area contributed by atoms with Crippen LogP contribution in [0.2, 0.25) is 5.02 Å². The van der Waals surface area contributed by atoms with Crippen LogP contribution in [0, 0.1) is 5.82 Å². The van der Waals surface area contributed by atoms with Crippen LogP contribution < -0.4 is 0 Å². The van der Waals surface area contributed by atoms with Gasteiger partial charge < -0.3 is 4.57 Å². The van der Waals surface area contributed by atoms with Crippen LogP contribution in [-0.2, 0) is 17.8 Å². The van der Waals surface area contributed by atoms with Crippen molar-refractivity contribution in [1.82, 2.24) is 9.47 Å². The highest BCUT2D eigenvalue weighted by Gasteiger charge is 2.32. The molecule has 1 fully saturated rings. The van der Waals surface area contributed by atoms with Gasteiger partial charge in [-0.25, -0.2) is 4.39 Å². The van der Waals surface area contributed by atoms with Gasteiger partial charge in [0.05, 0.1) is 11.4 Å². The number of thiocarbonyl (C=S) groups is 1. The molecule has 34 heavy (non-hydrogen) atoms. The molecular formula is C27H20ClFN2OS2. The van der Waals surface area contributed by atoms with Gasteiger partial charge in [0.15, 0.2) is 0 Å². The van der Waals surface area contributed by atoms with Gasteiger partial charge in [0.2, 0.25) is 0 Å². The average molecular weight is 507 g/mol. The van der Waals surface area contributed by atoms with Crippen LogP contribution in [0.5, 0.6) is 0 Å². The van der Waals surface area contributed by atoms with Crippen molar-refractivity contribution in [2.45, 2.75) is 13.0 Å². The second-order valence-electron chi connectivity index (χ2n) is 8.00. The summed E-state index contributed by atoms with van der Waals surface area (Å²) in [6.45, 7) is 0.831. The highest BCUT2D eigenvalue weighted by molar-refractivity contribution is 8.26. The smallest absolute Gasteiger partial charge is 0.266 e. The lowest BCUT2D eigenvalue weighted by Gasteiger charge is -2.14. The molecular weight excluding hydrogens is 487 g/mol. The molecule has 0 bridgehead atoms. The van der Waals surface area contributed by atoms with Crippen molar-refractivity contribution < 1.29 is 9.18 Å². The Balaban J connectivity index is 1.44. The molecule has 7 heteroatoms. The molecule has 1 amide bonds. The topological polar surface area (TPSA) is 25.2 Å². The highest BCUT2D eigenvalue weighted by atomic mass is 35.5. The maximum absolute atomic E-state index is 14.4. The second kappa shape index (κ2) is 9.74. The number of para-hydroxylation sites is 1. The lowest BCUT2D eigenvalue weighted by Crippen LogP contribution is -2.30. The summed E-state index contributed by atoms with van der Waals surface area (Å²) in [5.74, 6) is -0.425. The number of amides is 1. The van der Waals surface area contributed by atoms with Crippen molar-refractivity contribution in [3.63, 3.8) is 0 Å². The molecule has 0 aliphatic carbocycles. The summed E-state index contributed by atoms with van der Waals surface area (Å²) in [5.41, 5.74) is 3.42. The number of benzene rings is 3. The van der Waals surface area contributed by atoms with Gasteiger partial charge in [-0.15, -0.1) is 0 Å². The first-order chi connectivity index (χ1) is 16.5. The number of aromatic nitrogens is 1. The Kier molecular flexibility index (Phi) is 6.55. The first kappa shape index (κ1) is 22.8. The molecule has 0 N–H and O–H groups in total. The highest BCUT2D eigenvalue weighted by Crippen LogP contribution is 2.35. The van der Waals surface area contributed by atoms with Gasteiger partial charge in [0.1, 0.15) is 10.1 Å². The van der Waals surface area contributed by atoms with Crippen LogP contribution in [-0.4, -0.2) is 26.2 Å². The van der Waals surface area contributed by atoms with E-state index in [0.717, 1.165) is 28.5 Å². The number of carbonyl (C=O) groups is 1. The van der Waals surface area contributed by atoms with E-state index in [4.69, 9.17) is 23.8 Å². The second-order valence-corrected chi connectivity index (χ2v) is 10.1. The molecule has 1 saturated heterocycles. The minimum Gasteiger partial charge on any atom is -0.342 e. The number of rotatable bonds is 6. The first-order valence-corrected chi connectivity index (χ1v) is 12.4. The standard InChI is InChI=1S/C27H20ClFN2OS2/c28-22-10-6-11-23(29)21(22)17-30-16-19(20-9-4-5-12-24(20)30)15-25-26(32)31(27(33)34-25)14-13-18-7-2-1-3-8-18/h1-12,15-16H,13-14,17H2/b25-15-. The molecule has 2 heterocycles. The molecule has 3 nitrogen and oxygen atoms in total. The van der Waals surface area contributed by atoms with Gasteiger partial charge in [-0.3, -0.25) is 9.69 Å². The Labute approximate surface area is 211 Å². The summed E-state index contributed by atoms with van der Waals surface area (Å²) in [4.78, 5) is 15.4. The molecule has 5 rings (SSSR count). The Morgan fingerprint density at radius 3 is 2.56 bits per heavy atom. The number of hydrogen-bond acceptors (Lipinski definition) is 3. The normalized spacial score (nSPS) is 15.1. The third-order valence-corrected chi connectivity index (χ3v) is 7.57. The summed E-state index contributed by atoms with van der Waals surface area (Å²) < 4.78 is 16.9. The summed E-state index contributed by atoms with van der Waals surface area (Å²) in [6, 6.07) is 22.6. The molecule has 4 aromatic rings. The van der Waals surface area contributed by atoms with Crippen molar-refractivity contribution in [3.8, 4) is 0 Å². The lowest BCUT2D eigenvalue weighted by molar-refractivity contribution is -0.122. The van der Waals surface area contributed by atoms with Crippen molar-refractivity contribution in [2.24, 2.45) is 0 Å². The SMILES string of the molecule is O=C1/C(=C/c2cn(Cc3c(F)cccc3Cl)c3ccccc23)SC(=S)N1CCc1ccccc1. The van der Waals surface area contributed by atoms with Crippen LogP contribution in [0.25, 0.3) is 17.0 Å². The summed E-state index contributed by atoms with van der Waals surface area (Å²) in [5, 5.41) is 1.36. The van der Waals surface area contributed by atoms with E-state index in [1.807, 2.05) is 71.4 Å². The van der Waals surface area contributed by atoms with E-state index >= 15 is 0 Å². The predicted octanol–water partition coefficient (Wildman–Crippen LogP) is 6.93. The summed E-state index contributed by atoms with van der Waals surface area (Å²) in [6.07, 6.45) is 4.55. The zero-order chi connectivity index (χ0) is 23.7. The minimum atomic E-state index is -0.342. The third kappa shape index (κ3) is 4.53. The number of halogens is 2. The van der Waals surface area contributed by atoms with E-state index in [1.165, 1.54) is 17.8 Å². The molecule has 170 valence electrons. The minimum absolute atomic E-state index is 0.0834. The van der Waals surface area contributed by atoms with Crippen LogP contribution in [0.1, 0.15) is 16.7 Å². The van der Waals surface area contributed by atoms with E-state index in [1.54, 1.807) is 17.0 Å². The van der Waals surface area contributed by atoms with Crippen LogP contribution in [0.4, 0.5) is 4.39 Å². The monoisotopic (exact) mass is 506 g/mol. The molecule has 1 aromatic heterocycles. The molecule has 3 aromatic carbocycles. The fourth-order valence-corrected chi connectivity index (χ4v) is 5.62. The van der Waals surface area contributed by atoms with E-state index in [-0.39, 0.29) is 18.3 Å². The lowest BCUT2D eigenvalue weighted by atomic mass is 10.1. The van der Waals surface area contributed by atoms with Crippen LogP contribution >= 0.6 is 35.6 Å². The van der Waals surface area contributed by atoms with E-state index in [0.29, 0.717) is 26.4 Å². The molecule has 0 unspecified atom stereocenters. The Morgan fingerprint density at radius 1 is 1.00 bits per heavy atom. The number of fused-ring (bicyclic) bond motifs is 1. The quantitative estimate of drug-likeness (QED) is 0.209. The fourth-order valence-electron chi connectivity index (χ4n) is 4.09. The Bertz CT molecular complexity index is 1410. The predicted molar refractivity (Wildman–Crippen MR) is 142 cm³/mol. The van der Waals surface area contributed by atoms with Crippen molar-refractivity contribution >= 4 is 62.8 Å².